The molecule has 1 aromatic heterocycles. The molecule has 3 rings (SSSR count). The van der Waals surface area contributed by atoms with Gasteiger partial charge in [-0.3, -0.25) is 4.79 Å². The van der Waals surface area contributed by atoms with E-state index in [-0.39, 0.29) is 11.4 Å². The molecule has 0 bridgehead atoms. The van der Waals surface area contributed by atoms with Gasteiger partial charge in [-0.05, 0) is 49.4 Å². The Hall–Kier alpha value is -2.43. The number of nitrogens with one attached hydrogen (secondary N) is 1. The first-order valence-corrected chi connectivity index (χ1v) is 9.30. The van der Waals surface area contributed by atoms with E-state index in [9.17, 15) is 4.79 Å². The summed E-state index contributed by atoms with van der Waals surface area (Å²) in [6, 6.07) is 12.3. The van der Waals surface area contributed by atoms with Gasteiger partial charge in [0.1, 0.15) is 0 Å². The first-order valence-electron chi connectivity index (χ1n) is 9.30. The average molecular weight is 352 g/mol. The van der Waals surface area contributed by atoms with Gasteiger partial charge in [-0.1, -0.05) is 38.1 Å². The second-order valence-electron chi connectivity index (χ2n) is 7.89. The number of nitrogens with zero attached hydrogens (tertiary/aromatic N) is 3. The number of hydrogen-bond acceptors (Lipinski definition) is 4. The predicted molar refractivity (Wildman–Crippen MR) is 104 cm³/mol. The van der Waals surface area contributed by atoms with Gasteiger partial charge in [0, 0.05) is 13.1 Å². The summed E-state index contributed by atoms with van der Waals surface area (Å²) in [5.41, 5.74) is 3.02. The van der Waals surface area contributed by atoms with Crippen LogP contribution in [0.3, 0.4) is 0 Å². The second kappa shape index (κ2) is 7.44. The Bertz CT molecular complexity index is 755. The van der Waals surface area contributed by atoms with Gasteiger partial charge in [-0.15, -0.1) is 5.10 Å². The van der Waals surface area contributed by atoms with Gasteiger partial charge in [-0.25, -0.2) is 0 Å². The number of anilines is 1. The van der Waals surface area contributed by atoms with E-state index in [0.29, 0.717) is 12.3 Å². The maximum absolute atomic E-state index is 12.5. The van der Waals surface area contributed by atoms with E-state index in [2.05, 4.69) is 65.5 Å². The lowest BCUT2D eigenvalue weighted by molar-refractivity contribution is -0.122. The summed E-state index contributed by atoms with van der Waals surface area (Å²) >= 11 is 0. The molecular weight excluding hydrogens is 324 g/mol. The van der Waals surface area contributed by atoms with Gasteiger partial charge < -0.3 is 10.2 Å². The number of carbonyl (C=O) groups is 1. The van der Waals surface area contributed by atoms with Gasteiger partial charge in [0.15, 0.2) is 5.82 Å². The molecule has 2 aromatic rings. The number of carbonyl (C=O) groups excluding carboxylic acids is 1. The summed E-state index contributed by atoms with van der Waals surface area (Å²) in [6.45, 7) is 10.0. The van der Waals surface area contributed by atoms with Crippen molar-refractivity contribution in [2.24, 2.45) is 0 Å². The Kier molecular flexibility index (Phi) is 5.25. The van der Waals surface area contributed by atoms with Crippen LogP contribution in [0.1, 0.15) is 49.9 Å². The van der Waals surface area contributed by atoms with E-state index in [1.165, 1.54) is 5.56 Å². The van der Waals surface area contributed by atoms with Gasteiger partial charge in [0.25, 0.3) is 0 Å². The Morgan fingerprint density at radius 1 is 1.19 bits per heavy atom. The second-order valence-corrected chi connectivity index (χ2v) is 7.89. The summed E-state index contributed by atoms with van der Waals surface area (Å²) in [6.07, 6.45) is 1.32. The van der Waals surface area contributed by atoms with Gasteiger partial charge >= 0.3 is 0 Å². The van der Waals surface area contributed by atoms with Crippen molar-refractivity contribution in [3.05, 3.63) is 53.2 Å². The van der Waals surface area contributed by atoms with Crippen molar-refractivity contribution >= 4 is 11.7 Å². The maximum atomic E-state index is 12.5. The zero-order valence-corrected chi connectivity index (χ0v) is 16.1. The summed E-state index contributed by atoms with van der Waals surface area (Å²) in [7, 11) is 0. The highest BCUT2D eigenvalue weighted by Gasteiger charge is 2.35. The Morgan fingerprint density at radius 3 is 2.54 bits per heavy atom. The van der Waals surface area contributed by atoms with Crippen LogP contribution in [0.5, 0.6) is 0 Å². The van der Waals surface area contributed by atoms with E-state index in [4.69, 9.17) is 0 Å². The third kappa shape index (κ3) is 4.40. The maximum Gasteiger partial charge on any atom is 0.224 e. The molecule has 5 nitrogen and oxygen atoms in total. The molecule has 0 aliphatic carbocycles. The molecule has 0 saturated carbocycles. The van der Waals surface area contributed by atoms with Crippen molar-refractivity contribution in [1.82, 2.24) is 15.5 Å². The fourth-order valence-corrected chi connectivity index (χ4v) is 3.41. The van der Waals surface area contributed by atoms with Crippen molar-refractivity contribution < 1.29 is 4.79 Å². The molecule has 1 saturated heterocycles. The molecule has 1 aromatic carbocycles. The molecule has 1 fully saturated rings. The molecule has 0 radical (unpaired) electrons. The molecule has 5 heteroatoms. The molecule has 26 heavy (non-hydrogen) atoms. The van der Waals surface area contributed by atoms with Gasteiger partial charge in [0.05, 0.1) is 17.7 Å². The zero-order valence-electron chi connectivity index (χ0n) is 16.1. The lowest BCUT2D eigenvalue weighted by Crippen LogP contribution is -2.48. The third-order valence-electron chi connectivity index (χ3n) is 5.03. The predicted octanol–water partition coefficient (Wildman–Crippen LogP) is 3.24. The number of amides is 1. The van der Waals surface area contributed by atoms with E-state index in [1.807, 2.05) is 19.1 Å². The molecular formula is C21H28N4O. The highest BCUT2D eigenvalue weighted by Crippen LogP contribution is 2.25. The molecule has 1 aliphatic heterocycles. The first-order chi connectivity index (χ1) is 12.3. The number of aromatic nitrogens is 2. The van der Waals surface area contributed by atoms with Gasteiger partial charge in [-0.2, -0.15) is 5.10 Å². The number of hydrogen-bond donors (Lipinski definition) is 1. The largest absolute Gasteiger partial charge is 0.353 e. The smallest absolute Gasteiger partial charge is 0.224 e. The topological polar surface area (TPSA) is 58.1 Å². The average Bonchev–Trinajstić information content (AvgIpc) is 2.97. The Labute approximate surface area is 155 Å². The van der Waals surface area contributed by atoms with E-state index < -0.39 is 0 Å². The first kappa shape index (κ1) is 18.4. The molecule has 0 spiro atoms. The van der Waals surface area contributed by atoms with Crippen LogP contribution in [0.2, 0.25) is 0 Å². The molecule has 1 amide bonds. The van der Waals surface area contributed by atoms with Crippen molar-refractivity contribution in [3.8, 4) is 0 Å². The monoisotopic (exact) mass is 352 g/mol. The van der Waals surface area contributed by atoms with Crippen LogP contribution < -0.4 is 10.2 Å². The van der Waals surface area contributed by atoms with Crippen LogP contribution in [0.4, 0.5) is 5.82 Å². The van der Waals surface area contributed by atoms with Gasteiger partial charge in [0.2, 0.25) is 5.91 Å². The van der Waals surface area contributed by atoms with E-state index >= 15 is 0 Å². The van der Waals surface area contributed by atoms with E-state index in [1.54, 1.807) is 0 Å². The Morgan fingerprint density at radius 2 is 1.92 bits per heavy atom. The zero-order chi connectivity index (χ0) is 18.7. The summed E-state index contributed by atoms with van der Waals surface area (Å²) < 4.78 is 0. The van der Waals surface area contributed by atoms with Crippen molar-refractivity contribution in [3.63, 3.8) is 0 Å². The van der Waals surface area contributed by atoms with E-state index in [0.717, 1.165) is 36.6 Å². The van der Waals surface area contributed by atoms with Crippen LogP contribution in [-0.4, -0.2) is 34.7 Å². The van der Waals surface area contributed by atoms with Crippen LogP contribution in [0.15, 0.2) is 36.4 Å². The van der Waals surface area contributed by atoms with Crippen LogP contribution in [-0.2, 0) is 11.2 Å². The highest BCUT2D eigenvalue weighted by atomic mass is 16.1. The number of rotatable bonds is 5. The van der Waals surface area contributed by atoms with Crippen molar-refractivity contribution in [1.29, 1.82) is 0 Å². The molecule has 0 unspecified atom stereocenters. The summed E-state index contributed by atoms with van der Waals surface area (Å²) in [5, 5.41) is 11.6. The third-order valence-corrected chi connectivity index (χ3v) is 5.03. The fourth-order valence-electron chi connectivity index (χ4n) is 3.41. The fraction of sp³-hybridized carbons (Fsp3) is 0.476. The molecule has 1 N–H and O–H groups in total. The van der Waals surface area contributed by atoms with Crippen molar-refractivity contribution in [2.75, 3.05) is 18.0 Å². The molecule has 1 aliphatic rings. The highest BCUT2D eigenvalue weighted by molar-refractivity contribution is 5.79. The minimum absolute atomic E-state index is 0.0710. The minimum atomic E-state index is -0.235. The Balaban J connectivity index is 1.57. The van der Waals surface area contributed by atoms with Crippen molar-refractivity contribution in [2.45, 2.75) is 52.0 Å². The molecule has 138 valence electrons. The number of aryl methyl sites for hydroxylation is 1. The van der Waals surface area contributed by atoms with Crippen LogP contribution in [0, 0.1) is 6.92 Å². The SMILES string of the molecule is Cc1ccc(N2CC[C@@](C)(NC(=O)Cc3ccc(C(C)C)cc3)C2)nn1. The lowest BCUT2D eigenvalue weighted by atomic mass is 9.99. The standard InChI is InChI=1S/C21H28N4O/c1-15(2)18-8-6-17(7-9-18)13-20(26)22-21(4)11-12-25(14-21)19-10-5-16(3)23-24-19/h5-10,15H,11-14H2,1-4H3,(H,22,26)/t21-/m1/s1. The quantitative estimate of drug-likeness (QED) is 0.897. The summed E-state index contributed by atoms with van der Waals surface area (Å²) in [5.74, 6) is 1.45. The minimum Gasteiger partial charge on any atom is -0.353 e. The lowest BCUT2D eigenvalue weighted by Gasteiger charge is -2.26. The van der Waals surface area contributed by atoms with Crippen LogP contribution in [0.25, 0.3) is 0 Å². The number of benzene rings is 1. The summed E-state index contributed by atoms with van der Waals surface area (Å²) in [4.78, 5) is 14.7. The molecule has 1 atom stereocenters. The molecule has 2 heterocycles. The van der Waals surface area contributed by atoms with Crippen LogP contribution >= 0.6 is 0 Å². The normalized spacial score (nSPS) is 19.8.